The molecule has 0 aromatic heterocycles. The van der Waals surface area contributed by atoms with Crippen LogP contribution in [0.1, 0.15) is 18.4 Å². The summed E-state index contributed by atoms with van der Waals surface area (Å²) in [7, 11) is 0. The molecule has 0 radical (unpaired) electrons. The lowest BCUT2D eigenvalue weighted by Crippen LogP contribution is -2.46. The lowest BCUT2D eigenvalue weighted by molar-refractivity contribution is -0.383. The third-order valence-corrected chi connectivity index (χ3v) is 4.37. The summed E-state index contributed by atoms with van der Waals surface area (Å²) in [4.78, 5) is 15.3. The maximum Gasteiger partial charge on any atom is 0.292 e. The van der Waals surface area contributed by atoms with Gasteiger partial charge in [-0.1, -0.05) is 6.07 Å². The van der Waals surface area contributed by atoms with Crippen molar-refractivity contribution in [1.29, 1.82) is 0 Å². The van der Waals surface area contributed by atoms with Crippen molar-refractivity contribution >= 4 is 11.4 Å². The fourth-order valence-electron chi connectivity index (χ4n) is 2.92. The van der Waals surface area contributed by atoms with E-state index >= 15 is 0 Å². The van der Waals surface area contributed by atoms with E-state index in [1.54, 1.807) is 6.07 Å². The molecule has 1 saturated carbocycles. The van der Waals surface area contributed by atoms with Crippen molar-refractivity contribution in [2.45, 2.75) is 19.4 Å². The van der Waals surface area contributed by atoms with Gasteiger partial charge >= 0.3 is 0 Å². The number of rotatable bonds is 5. The van der Waals surface area contributed by atoms with Crippen molar-refractivity contribution in [3.05, 3.63) is 33.9 Å². The Bertz CT molecular complexity index is 522. The normalized spacial score (nSPS) is 20.6. The molecule has 3 rings (SSSR count). The minimum Gasteiger partial charge on any atom is -0.393 e. The van der Waals surface area contributed by atoms with Crippen molar-refractivity contribution < 1.29 is 4.92 Å². The van der Waals surface area contributed by atoms with Crippen LogP contribution in [0.4, 0.5) is 11.4 Å². The van der Waals surface area contributed by atoms with E-state index in [2.05, 4.69) is 9.80 Å². The first-order valence-corrected chi connectivity index (χ1v) is 7.59. The highest BCUT2D eigenvalue weighted by atomic mass is 16.6. The molecule has 1 heterocycles. The topological polar surface area (TPSA) is 75.6 Å². The van der Waals surface area contributed by atoms with Crippen LogP contribution in [0.5, 0.6) is 0 Å². The first kappa shape index (κ1) is 14.3. The molecule has 1 saturated heterocycles. The molecule has 0 atom stereocenters. The molecule has 1 aromatic rings. The highest BCUT2D eigenvalue weighted by Gasteiger charge is 2.26. The Kier molecular flexibility index (Phi) is 4.07. The Balaban J connectivity index is 1.52. The van der Waals surface area contributed by atoms with E-state index in [4.69, 9.17) is 5.73 Å². The first-order chi connectivity index (χ1) is 10.1. The maximum absolute atomic E-state index is 10.8. The SMILES string of the molecule is Nc1cc(CN2CCN(CC3CC3)CC2)ccc1[N+](=O)[O-]. The predicted octanol–water partition coefficient (Wildman–Crippen LogP) is 1.70. The van der Waals surface area contributed by atoms with Crippen molar-refractivity contribution in [3.8, 4) is 0 Å². The van der Waals surface area contributed by atoms with E-state index in [0.717, 1.165) is 44.2 Å². The zero-order valence-electron chi connectivity index (χ0n) is 12.2. The van der Waals surface area contributed by atoms with Gasteiger partial charge < -0.3 is 10.6 Å². The van der Waals surface area contributed by atoms with Gasteiger partial charge in [0.1, 0.15) is 5.69 Å². The number of hydrogen-bond acceptors (Lipinski definition) is 5. The number of benzene rings is 1. The Morgan fingerprint density at radius 1 is 1.19 bits per heavy atom. The van der Waals surface area contributed by atoms with Gasteiger partial charge in [0.2, 0.25) is 0 Å². The quantitative estimate of drug-likeness (QED) is 0.507. The zero-order valence-corrected chi connectivity index (χ0v) is 12.2. The van der Waals surface area contributed by atoms with Crippen molar-refractivity contribution in [3.63, 3.8) is 0 Å². The molecule has 2 aliphatic rings. The molecule has 1 aromatic carbocycles. The summed E-state index contributed by atoms with van der Waals surface area (Å²) in [6.07, 6.45) is 2.81. The number of nitrogens with zero attached hydrogens (tertiary/aromatic N) is 3. The zero-order chi connectivity index (χ0) is 14.8. The molecule has 0 amide bonds. The maximum atomic E-state index is 10.8. The molecule has 0 bridgehead atoms. The van der Waals surface area contributed by atoms with Crippen LogP contribution in [-0.2, 0) is 6.54 Å². The van der Waals surface area contributed by atoms with Crippen molar-refractivity contribution in [2.75, 3.05) is 38.5 Å². The number of hydrogen-bond donors (Lipinski definition) is 1. The number of anilines is 1. The Labute approximate surface area is 124 Å². The van der Waals surface area contributed by atoms with Gasteiger partial charge in [-0.05, 0) is 30.4 Å². The van der Waals surface area contributed by atoms with Gasteiger partial charge in [0, 0.05) is 45.3 Å². The minimum atomic E-state index is -0.435. The van der Waals surface area contributed by atoms with Gasteiger partial charge in [-0.15, -0.1) is 0 Å². The van der Waals surface area contributed by atoms with E-state index < -0.39 is 4.92 Å². The first-order valence-electron chi connectivity index (χ1n) is 7.59. The largest absolute Gasteiger partial charge is 0.393 e. The van der Waals surface area contributed by atoms with Gasteiger partial charge in [-0.2, -0.15) is 0 Å². The van der Waals surface area contributed by atoms with Crippen molar-refractivity contribution in [2.24, 2.45) is 5.92 Å². The molecule has 0 unspecified atom stereocenters. The lowest BCUT2D eigenvalue weighted by Gasteiger charge is -2.34. The second-order valence-corrected chi connectivity index (χ2v) is 6.17. The summed E-state index contributed by atoms with van der Waals surface area (Å²) in [5.41, 5.74) is 7.04. The van der Waals surface area contributed by atoms with Crippen molar-refractivity contribution in [1.82, 2.24) is 9.80 Å². The third kappa shape index (κ3) is 3.71. The van der Waals surface area contributed by atoms with Crippen LogP contribution in [0.3, 0.4) is 0 Å². The summed E-state index contributed by atoms with van der Waals surface area (Å²) >= 11 is 0. The molecular weight excluding hydrogens is 268 g/mol. The summed E-state index contributed by atoms with van der Waals surface area (Å²) in [6.45, 7) is 6.45. The Hall–Kier alpha value is -1.66. The Morgan fingerprint density at radius 3 is 2.43 bits per heavy atom. The number of nitro benzene ring substituents is 1. The molecule has 2 N–H and O–H groups in total. The monoisotopic (exact) mass is 290 g/mol. The molecule has 6 heteroatoms. The number of nitrogens with two attached hydrogens (primary N) is 1. The van der Waals surface area contributed by atoms with Gasteiger partial charge in [-0.3, -0.25) is 15.0 Å². The van der Waals surface area contributed by atoms with Crippen LogP contribution in [0.2, 0.25) is 0 Å². The smallest absolute Gasteiger partial charge is 0.292 e. The average Bonchev–Trinajstić information content (AvgIpc) is 3.25. The van der Waals surface area contributed by atoms with Gasteiger partial charge in [0.05, 0.1) is 4.92 Å². The lowest BCUT2D eigenvalue weighted by atomic mass is 10.1. The van der Waals surface area contributed by atoms with Crippen LogP contribution in [0.25, 0.3) is 0 Å². The predicted molar refractivity (Wildman–Crippen MR) is 81.9 cm³/mol. The standard InChI is InChI=1S/C15H22N4O2/c16-14-9-13(3-4-15(14)19(20)21)11-18-7-5-17(6-8-18)10-12-1-2-12/h3-4,9,12H,1-2,5-8,10-11,16H2. The number of nitro groups is 1. The van der Waals surface area contributed by atoms with E-state index in [0.29, 0.717) is 0 Å². The number of nitrogen functional groups attached to an aromatic ring is 1. The summed E-state index contributed by atoms with van der Waals surface area (Å²) in [5.74, 6) is 0.950. The highest BCUT2D eigenvalue weighted by molar-refractivity contribution is 5.59. The van der Waals surface area contributed by atoms with Crippen LogP contribution < -0.4 is 5.73 Å². The molecule has 1 aliphatic carbocycles. The van der Waals surface area contributed by atoms with Crippen LogP contribution in [0.15, 0.2) is 18.2 Å². The molecule has 2 fully saturated rings. The molecule has 6 nitrogen and oxygen atoms in total. The molecule has 21 heavy (non-hydrogen) atoms. The third-order valence-electron chi connectivity index (χ3n) is 4.37. The van der Waals surface area contributed by atoms with Crippen LogP contribution in [-0.4, -0.2) is 47.4 Å². The van der Waals surface area contributed by atoms with Gasteiger partial charge in [-0.25, -0.2) is 0 Å². The van der Waals surface area contributed by atoms with Crippen LogP contribution >= 0.6 is 0 Å². The summed E-state index contributed by atoms with van der Waals surface area (Å²) in [6, 6.07) is 5.05. The fraction of sp³-hybridized carbons (Fsp3) is 0.600. The second-order valence-electron chi connectivity index (χ2n) is 6.17. The average molecular weight is 290 g/mol. The van der Waals surface area contributed by atoms with Crippen LogP contribution in [0, 0.1) is 16.0 Å². The Morgan fingerprint density at radius 2 is 1.86 bits per heavy atom. The second kappa shape index (κ2) is 5.99. The molecule has 1 aliphatic heterocycles. The molecular formula is C15H22N4O2. The van der Waals surface area contributed by atoms with E-state index in [-0.39, 0.29) is 11.4 Å². The van der Waals surface area contributed by atoms with E-state index in [1.807, 2.05) is 6.07 Å². The number of piperazine rings is 1. The minimum absolute atomic E-state index is 0.00648. The van der Waals surface area contributed by atoms with Gasteiger partial charge in [0.25, 0.3) is 5.69 Å². The van der Waals surface area contributed by atoms with E-state index in [9.17, 15) is 10.1 Å². The van der Waals surface area contributed by atoms with Gasteiger partial charge in [0.15, 0.2) is 0 Å². The van der Waals surface area contributed by atoms with E-state index in [1.165, 1.54) is 25.5 Å². The highest BCUT2D eigenvalue weighted by Crippen LogP contribution is 2.30. The summed E-state index contributed by atoms with van der Waals surface area (Å²) in [5, 5.41) is 10.8. The molecule has 0 spiro atoms. The molecule has 114 valence electrons. The fourth-order valence-corrected chi connectivity index (χ4v) is 2.92. The summed E-state index contributed by atoms with van der Waals surface area (Å²) < 4.78 is 0.